The Balaban J connectivity index is 3.05. The summed E-state index contributed by atoms with van der Waals surface area (Å²) in [5.74, 6) is -1.18. The molecule has 1 aromatic carbocycles. The van der Waals surface area contributed by atoms with Crippen LogP contribution in [0.15, 0.2) is 18.2 Å². The van der Waals surface area contributed by atoms with Crippen LogP contribution in [-0.2, 0) is 0 Å². The van der Waals surface area contributed by atoms with Crippen molar-refractivity contribution in [3.05, 3.63) is 29.6 Å². The largest absolute Gasteiger partial charge is 0.355 e. The fourth-order valence-electron chi connectivity index (χ4n) is 0.903. The Morgan fingerprint density at radius 3 is 2.69 bits per heavy atom. The molecule has 3 N–H and O–H groups in total. The maximum absolute atomic E-state index is 13.1. The highest BCUT2D eigenvalue weighted by Crippen LogP contribution is 2.13. The standard InChI is InChI=1S/C8H9FN2O2/c1-10-8(12)6-3-2-5(11-13)4-7(6)9/h2-4,11,13H,1H3,(H,10,12). The molecule has 0 spiro atoms. The van der Waals surface area contributed by atoms with E-state index in [2.05, 4.69) is 5.32 Å². The third kappa shape index (κ3) is 1.94. The molecular formula is C8H9FN2O2. The molecule has 4 nitrogen and oxygen atoms in total. The van der Waals surface area contributed by atoms with Crippen LogP contribution in [0.3, 0.4) is 0 Å². The molecule has 0 unspecified atom stereocenters. The summed E-state index contributed by atoms with van der Waals surface area (Å²) in [7, 11) is 1.42. The highest BCUT2D eigenvalue weighted by molar-refractivity contribution is 5.94. The number of benzene rings is 1. The lowest BCUT2D eigenvalue weighted by molar-refractivity contribution is 0.0959. The minimum Gasteiger partial charge on any atom is -0.355 e. The number of hydrogen-bond donors (Lipinski definition) is 3. The molecule has 0 radical (unpaired) electrons. The summed E-state index contributed by atoms with van der Waals surface area (Å²) >= 11 is 0. The summed E-state index contributed by atoms with van der Waals surface area (Å²) in [5, 5.41) is 10.7. The van der Waals surface area contributed by atoms with E-state index in [9.17, 15) is 9.18 Å². The van der Waals surface area contributed by atoms with Gasteiger partial charge in [-0.1, -0.05) is 0 Å². The minimum atomic E-state index is -0.682. The van der Waals surface area contributed by atoms with E-state index < -0.39 is 11.7 Å². The molecule has 0 aliphatic carbocycles. The lowest BCUT2D eigenvalue weighted by Crippen LogP contribution is -2.19. The molecule has 0 saturated carbocycles. The minimum absolute atomic E-state index is 0.0542. The van der Waals surface area contributed by atoms with Crippen LogP contribution >= 0.6 is 0 Å². The lowest BCUT2D eigenvalue weighted by Gasteiger charge is -2.03. The van der Waals surface area contributed by atoms with Crippen molar-refractivity contribution in [2.45, 2.75) is 0 Å². The number of carbonyl (C=O) groups excluding carboxylic acids is 1. The molecule has 0 fully saturated rings. The topological polar surface area (TPSA) is 61.4 Å². The first kappa shape index (κ1) is 9.47. The Morgan fingerprint density at radius 1 is 1.54 bits per heavy atom. The molecule has 0 aromatic heterocycles. The van der Waals surface area contributed by atoms with Crippen molar-refractivity contribution in [3.63, 3.8) is 0 Å². The van der Waals surface area contributed by atoms with E-state index in [1.54, 1.807) is 5.48 Å². The Labute approximate surface area is 74.3 Å². The maximum atomic E-state index is 13.1. The van der Waals surface area contributed by atoms with Gasteiger partial charge in [-0.2, -0.15) is 0 Å². The summed E-state index contributed by atoms with van der Waals surface area (Å²) < 4.78 is 13.1. The number of halogens is 1. The third-order valence-electron chi connectivity index (χ3n) is 1.57. The molecule has 1 amide bonds. The van der Waals surface area contributed by atoms with Gasteiger partial charge in [0.2, 0.25) is 0 Å². The molecule has 70 valence electrons. The van der Waals surface area contributed by atoms with E-state index in [1.165, 1.54) is 19.2 Å². The van der Waals surface area contributed by atoms with Crippen LogP contribution in [-0.4, -0.2) is 18.2 Å². The zero-order valence-electron chi connectivity index (χ0n) is 6.97. The second-order valence-electron chi connectivity index (χ2n) is 2.39. The van der Waals surface area contributed by atoms with Crippen LogP contribution in [0.1, 0.15) is 10.4 Å². The number of carbonyl (C=O) groups is 1. The zero-order valence-corrected chi connectivity index (χ0v) is 6.97. The normalized spacial score (nSPS) is 9.46. The smallest absolute Gasteiger partial charge is 0.253 e. The SMILES string of the molecule is CNC(=O)c1ccc(NO)cc1F. The van der Waals surface area contributed by atoms with Crippen molar-refractivity contribution in [1.82, 2.24) is 5.32 Å². The first-order valence-electron chi connectivity index (χ1n) is 3.60. The molecule has 0 atom stereocenters. The molecule has 1 aromatic rings. The van der Waals surface area contributed by atoms with Gasteiger partial charge in [0.15, 0.2) is 0 Å². The van der Waals surface area contributed by atoms with Crippen molar-refractivity contribution in [2.75, 3.05) is 12.5 Å². The van der Waals surface area contributed by atoms with Gasteiger partial charge in [-0.25, -0.2) is 4.39 Å². The Hall–Kier alpha value is -1.62. The van der Waals surface area contributed by atoms with E-state index in [1.807, 2.05) is 0 Å². The van der Waals surface area contributed by atoms with Crippen molar-refractivity contribution in [3.8, 4) is 0 Å². The number of nitrogens with one attached hydrogen (secondary N) is 2. The van der Waals surface area contributed by atoms with E-state index in [4.69, 9.17) is 5.21 Å². The second-order valence-corrected chi connectivity index (χ2v) is 2.39. The fourth-order valence-corrected chi connectivity index (χ4v) is 0.903. The van der Waals surface area contributed by atoms with Crippen molar-refractivity contribution in [2.24, 2.45) is 0 Å². The van der Waals surface area contributed by atoms with E-state index >= 15 is 0 Å². The van der Waals surface area contributed by atoms with Crippen molar-refractivity contribution >= 4 is 11.6 Å². The van der Waals surface area contributed by atoms with Crippen LogP contribution < -0.4 is 10.8 Å². The van der Waals surface area contributed by atoms with Gasteiger partial charge in [0, 0.05) is 13.1 Å². The highest BCUT2D eigenvalue weighted by Gasteiger charge is 2.09. The number of hydrogen-bond acceptors (Lipinski definition) is 3. The Bertz CT molecular complexity index is 328. The Kier molecular flexibility index (Phi) is 2.81. The van der Waals surface area contributed by atoms with Crippen LogP contribution in [0.2, 0.25) is 0 Å². The van der Waals surface area contributed by atoms with Gasteiger partial charge in [-0.05, 0) is 12.1 Å². The van der Waals surface area contributed by atoms with Crippen LogP contribution in [0.25, 0.3) is 0 Å². The average molecular weight is 184 g/mol. The molecule has 0 saturated heterocycles. The highest BCUT2D eigenvalue weighted by atomic mass is 19.1. The van der Waals surface area contributed by atoms with Gasteiger partial charge in [-0.15, -0.1) is 0 Å². The summed E-state index contributed by atoms with van der Waals surface area (Å²) in [5.41, 5.74) is 1.93. The van der Waals surface area contributed by atoms with E-state index in [-0.39, 0.29) is 11.3 Å². The quantitative estimate of drug-likeness (QED) is 0.600. The van der Waals surface area contributed by atoms with Gasteiger partial charge in [0.25, 0.3) is 5.91 Å². The second kappa shape index (κ2) is 3.86. The van der Waals surface area contributed by atoms with Gasteiger partial charge in [-0.3, -0.25) is 15.5 Å². The molecule has 0 aliphatic heterocycles. The van der Waals surface area contributed by atoms with Crippen molar-refractivity contribution < 1.29 is 14.4 Å². The van der Waals surface area contributed by atoms with Gasteiger partial charge in [0.05, 0.1) is 11.3 Å². The molecule has 0 aliphatic rings. The fraction of sp³-hybridized carbons (Fsp3) is 0.125. The van der Waals surface area contributed by atoms with Gasteiger partial charge in [0.1, 0.15) is 5.82 Å². The molecule has 0 heterocycles. The predicted molar refractivity (Wildman–Crippen MR) is 45.2 cm³/mol. The van der Waals surface area contributed by atoms with E-state index in [0.29, 0.717) is 0 Å². The molecule has 1 rings (SSSR count). The van der Waals surface area contributed by atoms with Crippen LogP contribution in [0.4, 0.5) is 10.1 Å². The van der Waals surface area contributed by atoms with Crippen LogP contribution in [0, 0.1) is 5.82 Å². The number of rotatable bonds is 2. The number of amides is 1. The van der Waals surface area contributed by atoms with E-state index in [0.717, 1.165) is 6.07 Å². The first-order valence-corrected chi connectivity index (χ1v) is 3.60. The van der Waals surface area contributed by atoms with Crippen molar-refractivity contribution in [1.29, 1.82) is 0 Å². The molecular weight excluding hydrogens is 175 g/mol. The summed E-state index contributed by atoms with van der Waals surface area (Å²) in [4.78, 5) is 11.0. The Morgan fingerprint density at radius 2 is 2.23 bits per heavy atom. The zero-order chi connectivity index (χ0) is 9.84. The molecule has 0 bridgehead atoms. The maximum Gasteiger partial charge on any atom is 0.253 e. The monoisotopic (exact) mass is 184 g/mol. The van der Waals surface area contributed by atoms with Crippen LogP contribution in [0.5, 0.6) is 0 Å². The van der Waals surface area contributed by atoms with Gasteiger partial charge < -0.3 is 5.32 Å². The summed E-state index contributed by atoms with van der Waals surface area (Å²) in [6.45, 7) is 0. The summed E-state index contributed by atoms with van der Waals surface area (Å²) in [6, 6.07) is 3.71. The number of anilines is 1. The lowest BCUT2D eigenvalue weighted by atomic mass is 10.2. The average Bonchev–Trinajstić information content (AvgIpc) is 2.16. The van der Waals surface area contributed by atoms with Gasteiger partial charge >= 0.3 is 0 Å². The third-order valence-corrected chi connectivity index (χ3v) is 1.57. The molecule has 5 heteroatoms. The first-order chi connectivity index (χ1) is 6.19. The predicted octanol–water partition coefficient (Wildman–Crippen LogP) is 0.986. The summed E-state index contributed by atoms with van der Waals surface area (Å²) in [6.07, 6.45) is 0. The molecule has 13 heavy (non-hydrogen) atoms.